The third-order valence-corrected chi connectivity index (χ3v) is 4.92. The van der Waals surface area contributed by atoms with E-state index in [0.29, 0.717) is 0 Å². The van der Waals surface area contributed by atoms with Gasteiger partial charge in [0, 0.05) is 27.4 Å². The summed E-state index contributed by atoms with van der Waals surface area (Å²) in [5.41, 5.74) is 1.34. The molecule has 0 radical (unpaired) electrons. The number of thiophene rings is 1. The average Bonchev–Trinajstić information content (AvgIpc) is 2.59. The fourth-order valence-electron chi connectivity index (χ4n) is 1.84. The third-order valence-electron chi connectivity index (χ3n) is 2.86. The Morgan fingerprint density at radius 1 is 1.17 bits per heavy atom. The van der Waals surface area contributed by atoms with E-state index in [1.165, 1.54) is 10.4 Å². The number of benzene rings is 1. The van der Waals surface area contributed by atoms with Crippen LogP contribution in [0.3, 0.4) is 0 Å². The Balaban J connectivity index is 2.45. The van der Waals surface area contributed by atoms with E-state index < -0.39 is 0 Å². The highest BCUT2D eigenvalue weighted by Gasteiger charge is 2.16. The van der Waals surface area contributed by atoms with Crippen LogP contribution in [0.5, 0.6) is 0 Å². The van der Waals surface area contributed by atoms with Gasteiger partial charge in [-0.25, -0.2) is 0 Å². The molecule has 18 heavy (non-hydrogen) atoms. The van der Waals surface area contributed by atoms with Crippen LogP contribution in [-0.2, 0) is 6.54 Å². The highest BCUT2D eigenvalue weighted by atomic mass is 35.5. The van der Waals surface area contributed by atoms with Crippen molar-refractivity contribution in [2.75, 3.05) is 0 Å². The second kappa shape index (κ2) is 5.01. The van der Waals surface area contributed by atoms with E-state index in [-0.39, 0.29) is 5.54 Å². The molecule has 4 heteroatoms. The number of nitrogens with one attached hydrogen (secondary N) is 1. The molecular formula is C14H17Cl2NS. The lowest BCUT2D eigenvalue weighted by molar-refractivity contribution is 0.426. The lowest BCUT2D eigenvalue weighted by Gasteiger charge is -2.20. The molecule has 1 nitrogen and oxygen atoms in total. The molecule has 98 valence electrons. The molecule has 0 aliphatic carbocycles. The van der Waals surface area contributed by atoms with Gasteiger partial charge in [0.15, 0.2) is 0 Å². The molecule has 0 aliphatic heterocycles. The Kier molecular flexibility index (Phi) is 3.93. The van der Waals surface area contributed by atoms with Gasteiger partial charge in [-0.1, -0.05) is 23.2 Å². The molecule has 0 unspecified atom stereocenters. The van der Waals surface area contributed by atoms with Gasteiger partial charge in [0.1, 0.15) is 0 Å². The lowest BCUT2D eigenvalue weighted by Crippen LogP contribution is -2.34. The van der Waals surface area contributed by atoms with E-state index in [1.54, 1.807) is 11.3 Å². The van der Waals surface area contributed by atoms with Gasteiger partial charge in [-0.15, -0.1) is 11.3 Å². The normalized spacial score (nSPS) is 12.3. The highest BCUT2D eigenvalue weighted by Crippen LogP contribution is 2.39. The van der Waals surface area contributed by atoms with E-state index in [0.717, 1.165) is 26.7 Å². The fraction of sp³-hybridized carbons (Fsp3) is 0.429. The maximum absolute atomic E-state index is 6.27. The summed E-state index contributed by atoms with van der Waals surface area (Å²) in [5.74, 6) is 0. The molecule has 0 atom stereocenters. The summed E-state index contributed by atoms with van der Waals surface area (Å²) in [6.45, 7) is 9.45. The van der Waals surface area contributed by atoms with Crippen LogP contribution in [0.1, 0.15) is 31.2 Å². The van der Waals surface area contributed by atoms with Crippen molar-refractivity contribution in [2.45, 2.75) is 39.8 Å². The minimum absolute atomic E-state index is 0.107. The van der Waals surface area contributed by atoms with Crippen LogP contribution in [0.25, 0.3) is 10.1 Å². The minimum Gasteiger partial charge on any atom is -0.307 e. The largest absolute Gasteiger partial charge is 0.307 e. The Labute approximate surface area is 122 Å². The number of rotatable bonds is 2. The molecule has 1 aromatic carbocycles. The zero-order valence-electron chi connectivity index (χ0n) is 11.0. The summed E-state index contributed by atoms with van der Waals surface area (Å²) in [6, 6.07) is 3.73. The lowest BCUT2D eigenvalue weighted by atomic mass is 10.1. The molecule has 0 saturated carbocycles. The quantitative estimate of drug-likeness (QED) is 0.782. The van der Waals surface area contributed by atoms with Crippen molar-refractivity contribution in [2.24, 2.45) is 0 Å². The van der Waals surface area contributed by atoms with Crippen molar-refractivity contribution >= 4 is 44.6 Å². The van der Waals surface area contributed by atoms with Crippen molar-refractivity contribution in [3.63, 3.8) is 0 Å². The molecular weight excluding hydrogens is 285 g/mol. The second-order valence-electron chi connectivity index (χ2n) is 5.49. The van der Waals surface area contributed by atoms with Crippen LogP contribution < -0.4 is 5.32 Å². The molecule has 0 fully saturated rings. The van der Waals surface area contributed by atoms with Gasteiger partial charge in [0.05, 0.1) is 9.72 Å². The summed E-state index contributed by atoms with van der Waals surface area (Å²) in [5, 5.41) is 6.16. The number of aryl methyl sites for hydroxylation is 1. The minimum atomic E-state index is 0.107. The first-order valence-corrected chi connectivity index (χ1v) is 7.48. The zero-order valence-corrected chi connectivity index (χ0v) is 13.4. The molecule has 2 rings (SSSR count). The van der Waals surface area contributed by atoms with Crippen molar-refractivity contribution in [3.8, 4) is 0 Å². The smallest absolute Gasteiger partial charge is 0.0585 e. The van der Waals surface area contributed by atoms with Crippen LogP contribution in [0.4, 0.5) is 0 Å². The first-order chi connectivity index (χ1) is 8.29. The molecule has 0 bridgehead atoms. The average molecular weight is 302 g/mol. The number of hydrogen-bond donors (Lipinski definition) is 1. The van der Waals surface area contributed by atoms with Crippen molar-refractivity contribution in [1.82, 2.24) is 5.32 Å². The Hall–Kier alpha value is -0.280. The van der Waals surface area contributed by atoms with E-state index in [1.807, 2.05) is 12.1 Å². The second-order valence-corrected chi connectivity index (χ2v) is 7.41. The molecule has 1 aromatic heterocycles. The molecule has 0 saturated heterocycles. The van der Waals surface area contributed by atoms with Gasteiger partial charge in [0.25, 0.3) is 0 Å². The van der Waals surface area contributed by atoms with E-state index in [4.69, 9.17) is 23.2 Å². The summed E-state index contributed by atoms with van der Waals surface area (Å²) < 4.78 is 1.09. The predicted octanol–water partition coefficient (Wildman–Crippen LogP) is 5.40. The summed E-state index contributed by atoms with van der Waals surface area (Å²) in [4.78, 5) is 1.30. The zero-order chi connectivity index (χ0) is 13.5. The standard InChI is InChI=1S/C14H17Cl2NS/c1-8-11(7-17-14(2,3)4)18-13-10(16)6-5-9(15)12(8)13/h5-6,17H,7H2,1-4H3. The number of fused-ring (bicyclic) bond motifs is 1. The first-order valence-electron chi connectivity index (χ1n) is 5.90. The van der Waals surface area contributed by atoms with Crippen molar-refractivity contribution < 1.29 is 0 Å². The van der Waals surface area contributed by atoms with Gasteiger partial charge < -0.3 is 5.32 Å². The topological polar surface area (TPSA) is 12.0 Å². The highest BCUT2D eigenvalue weighted by molar-refractivity contribution is 7.20. The summed E-state index contributed by atoms with van der Waals surface area (Å²) in [6.07, 6.45) is 0. The van der Waals surface area contributed by atoms with Gasteiger partial charge >= 0.3 is 0 Å². The van der Waals surface area contributed by atoms with Crippen LogP contribution in [0.2, 0.25) is 10.0 Å². The fourth-order valence-corrected chi connectivity index (χ4v) is 3.64. The monoisotopic (exact) mass is 301 g/mol. The number of halogens is 2. The Morgan fingerprint density at radius 2 is 1.78 bits per heavy atom. The van der Waals surface area contributed by atoms with Crippen LogP contribution >= 0.6 is 34.5 Å². The van der Waals surface area contributed by atoms with Crippen LogP contribution in [0.15, 0.2) is 12.1 Å². The third kappa shape index (κ3) is 2.83. The van der Waals surface area contributed by atoms with Gasteiger partial charge in [0.2, 0.25) is 0 Å². The molecule has 1 heterocycles. The van der Waals surface area contributed by atoms with Crippen LogP contribution in [0, 0.1) is 6.92 Å². The van der Waals surface area contributed by atoms with Gasteiger partial charge in [-0.3, -0.25) is 0 Å². The summed E-state index contributed by atoms with van der Waals surface area (Å²) in [7, 11) is 0. The maximum atomic E-state index is 6.27. The Morgan fingerprint density at radius 3 is 2.33 bits per heavy atom. The molecule has 1 N–H and O–H groups in total. The molecule has 0 amide bonds. The predicted molar refractivity (Wildman–Crippen MR) is 83.2 cm³/mol. The maximum Gasteiger partial charge on any atom is 0.0585 e. The van der Waals surface area contributed by atoms with Gasteiger partial charge in [-0.05, 0) is 45.4 Å². The van der Waals surface area contributed by atoms with E-state index in [9.17, 15) is 0 Å². The first kappa shape index (κ1) is 14.1. The SMILES string of the molecule is Cc1c(CNC(C)(C)C)sc2c(Cl)ccc(Cl)c12. The van der Waals surface area contributed by atoms with E-state index >= 15 is 0 Å². The van der Waals surface area contributed by atoms with Crippen LogP contribution in [-0.4, -0.2) is 5.54 Å². The molecule has 2 aromatic rings. The molecule has 0 spiro atoms. The van der Waals surface area contributed by atoms with Crippen molar-refractivity contribution in [1.29, 1.82) is 0 Å². The van der Waals surface area contributed by atoms with E-state index in [2.05, 4.69) is 33.0 Å². The molecule has 0 aliphatic rings. The van der Waals surface area contributed by atoms with Gasteiger partial charge in [-0.2, -0.15) is 0 Å². The number of hydrogen-bond acceptors (Lipinski definition) is 2. The van der Waals surface area contributed by atoms with Crippen molar-refractivity contribution in [3.05, 3.63) is 32.6 Å². The summed E-state index contributed by atoms with van der Waals surface area (Å²) >= 11 is 14.2. The Bertz CT molecular complexity index is 581.